The molecule has 0 spiro atoms. The van der Waals surface area contributed by atoms with E-state index in [2.05, 4.69) is 69.6 Å². The molecule has 2 N–H and O–H groups in total. The molecule has 0 aromatic carbocycles. The van der Waals surface area contributed by atoms with Crippen LogP contribution in [0.3, 0.4) is 0 Å². The minimum Gasteiger partial charge on any atom is -0.356 e. The zero-order valence-corrected chi connectivity index (χ0v) is 20.7. The maximum absolute atomic E-state index is 4.38. The summed E-state index contributed by atoms with van der Waals surface area (Å²) in [6, 6.07) is 4.30. The van der Waals surface area contributed by atoms with Crippen molar-refractivity contribution in [2.45, 2.75) is 51.9 Å². The maximum atomic E-state index is 4.38. The molecule has 9 heteroatoms. The summed E-state index contributed by atoms with van der Waals surface area (Å²) < 4.78 is 2.25. The van der Waals surface area contributed by atoms with Gasteiger partial charge in [-0.15, -0.1) is 45.5 Å². The number of halogens is 1. The Kier molecular flexibility index (Phi) is 11.3. The Labute approximate surface area is 188 Å². The fourth-order valence-corrected chi connectivity index (χ4v) is 3.98. The van der Waals surface area contributed by atoms with E-state index in [4.69, 9.17) is 0 Å². The van der Waals surface area contributed by atoms with Gasteiger partial charge in [-0.25, -0.2) is 0 Å². The minimum atomic E-state index is 0. The Bertz CT molecular complexity index is 711. The van der Waals surface area contributed by atoms with E-state index < -0.39 is 0 Å². The monoisotopic (exact) mass is 522 g/mol. The average molecular weight is 523 g/mol. The Balaban J connectivity index is 0.00000364. The van der Waals surface area contributed by atoms with E-state index in [1.807, 2.05) is 11.3 Å². The van der Waals surface area contributed by atoms with Crippen LogP contribution in [0.15, 0.2) is 22.3 Å². The van der Waals surface area contributed by atoms with Gasteiger partial charge in [0, 0.05) is 36.3 Å². The molecule has 152 valence electrons. The number of nitrogens with zero attached hydrogens (tertiary/aromatic N) is 4. The van der Waals surface area contributed by atoms with E-state index in [0.717, 1.165) is 49.4 Å². The van der Waals surface area contributed by atoms with Crippen LogP contribution in [0.4, 0.5) is 0 Å². The molecule has 0 fully saturated rings. The van der Waals surface area contributed by atoms with Crippen molar-refractivity contribution in [2.75, 3.05) is 19.8 Å². The van der Waals surface area contributed by atoms with Crippen LogP contribution in [0.2, 0.25) is 0 Å². The number of aryl methyl sites for hydroxylation is 2. The molecule has 0 amide bonds. The van der Waals surface area contributed by atoms with Gasteiger partial charge < -0.3 is 15.2 Å². The molecule has 0 aliphatic carbocycles. The molecule has 27 heavy (non-hydrogen) atoms. The van der Waals surface area contributed by atoms with Gasteiger partial charge in [0.05, 0.1) is 6.54 Å². The van der Waals surface area contributed by atoms with Crippen LogP contribution in [0.25, 0.3) is 0 Å². The summed E-state index contributed by atoms with van der Waals surface area (Å²) in [6.07, 6.45) is 3.95. The van der Waals surface area contributed by atoms with Crippen molar-refractivity contribution in [1.29, 1.82) is 0 Å². The van der Waals surface area contributed by atoms with Crippen LogP contribution < -0.4 is 10.6 Å². The van der Waals surface area contributed by atoms with Gasteiger partial charge in [0.25, 0.3) is 0 Å². The van der Waals surface area contributed by atoms with Gasteiger partial charge in [0.2, 0.25) is 0 Å². The summed E-state index contributed by atoms with van der Waals surface area (Å²) in [5, 5.41) is 16.4. The van der Waals surface area contributed by atoms with E-state index in [0.29, 0.717) is 5.92 Å². The molecule has 0 atom stereocenters. The van der Waals surface area contributed by atoms with Gasteiger partial charge in [-0.2, -0.15) is 0 Å². The fourth-order valence-electron chi connectivity index (χ4n) is 2.63. The molecule has 0 bridgehead atoms. The number of guanidine groups is 1. The second kappa shape index (κ2) is 12.6. The third-order valence-corrected chi connectivity index (χ3v) is 5.51. The lowest BCUT2D eigenvalue weighted by Gasteiger charge is -2.13. The predicted molar refractivity (Wildman–Crippen MR) is 128 cm³/mol. The molecule has 0 saturated carbocycles. The van der Waals surface area contributed by atoms with Gasteiger partial charge in [-0.05, 0) is 37.7 Å². The number of hydrogen-bond donors (Lipinski definition) is 2. The van der Waals surface area contributed by atoms with Crippen molar-refractivity contribution in [3.05, 3.63) is 27.7 Å². The summed E-state index contributed by atoms with van der Waals surface area (Å²) in [4.78, 5) is 6.94. The molecule has 2 heterocycles. The first-order valence-corrected chi connectivity index (χ1v) is 11.0. The normalized spacial score (nSPS) is 11.6. The lowest BCUT2D eigenvalue weighted by Crippen LogP contribution is -2.37. The highest BCUT2D eigenvalue weighted by atomic mass is 127. The number of thioether (sulfide) groups is 1. The Morgan fingerprint density at radius 3 is 2.67 bits per heavy atom. The third kappa shape index (κ3) is 7.98. The van der Waals surface area contributed by atoms with Crippen LogP contribution in [0.1, 0.15) is 35.8 Å². The first-order chi connectivity index (χ1) is 12.5. The molecule has 0 saturated heterocycles. The largest absolute Gasteiger partial charge is 0.356 e. The molecule has 0 unspecified atom stereocenters. The number of nitrogens with one attached hydrogen (secondary N) is 2. The first kappa shape index (κ1) is 24.2. The van der Waals surface area contributed by atoms with Crippen LogP contribution in [0, 0.1) is 12.8 Å². The summed E-state index contributed by atoms with van der Waals surface area (Å²) in [5.41, 5.74) is 0. The smallest absolute Gasteiger partial charge is 0.191 e. The van der Waals surface area contributed by atoms with Crippen molar-refractivity contribution in [3.8, 4) is 0 Å². The fraction of sp³-hybridized carbons (Fsp3) is 0.611. The predicted octanol–water partition coefficient (Wildman–Crippen LogP) is 3.94. The molecule has 2 rings (SSSR count). The summed E-state index contributed by atoms with van der Waals surface area (Å²) in [5.74, 6) is 2.49. The number of thiophene rings is 1. The van der Waals surface area contributed by atoms with Gasteiger partial charge in [-0.3, -0.25) is 4.99 Å². The van der Waals surface area contributed by atoms with E-state index in [1.54, 1.807) is 18.8 Å². The number of rotatable bonds is 9. The topological polar surface area (TPSA) is 67.1 Å². The minimum absolute atomic E-state index is 0. The highest BCUT2D eigenvalue weighted by molar-refractivity contribution is 14.0. The molecular weight excluding hydrogens is 491 g/mol. The molecule has 0 radical (unpaired) electrons. The number of aromatic nitrogens is 3. The van der Waals surface area contributed by atoms with E-state index in [1.165, 1.54) is 9.75 Å². The van der Waals surface area contributed by atoms with Crippen molar-refractivity contribution in [1.82, 2.24) is 25.4 Å². The van der Waals surface area contributed by atoms with Crippen LogP contribution >= 0.6 is 47.1 Å². The highest BCUT2D eigenvalue weighted by Gasteiger charge is 2.12. The van der Waals surface area contributed by atoms with Crippen LogP contribution in [-0.2, 0) is 19.5 Å². The highest BCUT2D eigenvalue weighted by Crippen LogP contribution is 2.17. The van der Waals surface area contributed by atoms with Crippen molar-refractivity contribution in [3.63, 3.8) is 0 Å². The third-order valence-electron chi connectivity index (χ3n) is 3.84. The number of hydrogen-bond acceptors (Lipinski definition) is 5. The van der Waals surface area contributed by atoms with Crippen molar-refractivity contribution in [2.24, 2.45) is 10.9 Å². The summed E-state index contributed by atoms with van der Waals surface area (Å²) in [6.45, 7) is 9.20. The van der Waals surface area contributed by atoms with Crippen molar-refractivity contribution >= 4 is 53.0 Å². The second-order valence-electron chi connectivity index (χ2n) is 6.58. The van der Waals surface area contributed by atoms with E-state index >= 15 is 0 Å². The average Bonchev–Trinajstić information content (AvgIpc) is 3.20. The van der Waals surface area contributed by atoms with Crippen LogP contribution in [-0.4, -0.2) is 40.6 Å². The summed E-state index contributed by atoms with van der Waals surface area (Å²) >= 11 is 3.47. The van der Waals surface area contributed by atoms with Gasteiger partial charge in [0.15, 0.2) is 11.1 Å². The molecular formula is C18H31IN6S2. The standard InChI is InChI=1S/C18H30N6S2.HI/c1-13(2)12-24-16(22-23-18(24)25-5)7-6-10-20-17(19-4)21-11-15-9-8-14(3)26-15;/h8-9,13H,6-7,10-12H2,1-5H3,(H2,19,20,21);1H. The molecule has 0 aliphatic heterocycles. The zero-order chi connectivity index (χ0) is 18.9. The van der Waals surface area contributed by atoms with E-state index in [-0.39, 0.29) is 24.0 Å². The SMILES string of the molecule is CN=C(NCCCc1nnc(SC)n1CC(C)C)NCc1ccc(C)s1.I. The lowest BCUT2D eigenvalue weighted by atomic mass is 10.2. The first-order valence-electron chi connectivity index (χ1n) is 8.99. The van der Waals surface area contributed by atoms with Crippen molar-refractivity contribution < 1.29 is 0 Å². The Morgan fingerprint density at radius 2 is 2.07 bits per heavy atom. The number of aliphatic imine (C=N–C) groups is 1. The molecule has 2 aromatic heterocycles. The summed E-state index contributed by atoms with van der Waals surface area (Å²) in [7, 11) is 1.80. The lowest BCUT2D eigenvalue weighted by molar-refractivity contribution is 0.477. The zero-order valence-electron chi connectivity index (χ0n) is 16.8. The van der Waals surface area contributed by atoms with Crippen LogP contribution in [0.5, 0.6) is 0 Å². The van der Waals surface area contributed by atoms with Gasteiger partial charge in [-0.1, -0.05) is 25.6 Å². The molecule has 2 aromatic rings. The molecule has 0 aliphatic rings. The Morgan fingerprint density at radius 1 is 1.30 bits per heavy atom. The Hall–Kier alpha value is -0.810. The quantitative estimate of drug-likeness (QED) is 0.172. The molecule has 6 nitrogen and oxygen atoms in total. The van der Waals surface area contributed by atoms with Gasteiger partial charge in [0.1, 0.15) is 5.82 Å². The van der Waals surface area contributed by atoms with E-state index in [9.17, 15) is 0 Å². The van der Waals surface area contributed by atoms with Gasteiger partial charge >= 0.3 is 0 Å². The maximum Gasteiger partial charge on any atom is 0.191 e. The second-order valence-corrected chi connectivity index (χ2v) is 8.72.